The lowest BCUT2D eigenvalue weighted by molar-refractivity contribution is -0.00803. The highest BCUT2D eigenvalue weighted by Crippen LogP contribution is 2.29. The van der Waals surface area contributed by atoms with Gasteiger partial charge in [0, 0.05) is 38.4 Å². The summed E-state index contributed by atoms with van der Waals surface area (Å²) in [6, 6.07) is 5.52. The topological polar surface area (TPSA) is 84.1 Å². The zero-order valence-electron chi connectivity index (χ0n) is 17.2. The van der Waals surface area contributed by atoms with Crippen LogP contribution < -0.4 is 10.1 Å². The first kappa shape index (κ1) is 23.3. The van der Waals surface area contributed by atoms with Gasteiger partial charge in [-0.1, -0.05) is 12.1 Å². The van der Waals surface area contributed by atoms with Crippen molar-refractivity contribution in [2.24, 2.45) is 12.0 Å². The van der Waals surface area contributed by atoms with Crippen molar-refractivity contribution in [2.75, 3.05) is 39.9 Å². The minimum atomic E-state index is -0.0197. The Morgan fingerprint density at radius 1 is 1.45 bits per heavy atom. The van der Waals surface area contributed by atoms with Crippen LogP contribution in [0.25, 0.3) is 0 Å². The van der Waals surface area contributed by atoms with Gasteiger partial charge >= 0.3 is 0 Å². The summed E-state index contributed by atoms with van der Waals surface area (Å²) in [5.74, 6) is 1.54. The number of morpholine rings is 1. The first-order valence-electron chi connectivity index (χ1n) is 9.60. The fourth-order valence-electron chi connectivity index (χ4n) is 3.29. The molecule has 1 unspecified atom stereocenters. The van der Waals surface area contributed by atoms with E-state index in [2.05, 4.69) is 22.2 Å². The van der Waals surface area contributed by atoms with Gasteiger partial charge in [0.2, 0.25) is 0 Å². The molecule has 1 atom stereocenters. The average Bonchev–Trinajstić information content (AvgIpc) is 3.15. The number of aliphatic imine (C=N–C) groups is 1. The molecule has 1 aliphatic rings. The Bertz CT molecular complexity index is 811. The highest BCUT2D eigenvalue weighted by molar-refractivity contribution is 14.0. The molecule has 1 saturated heterocycles. The number of para-hydroxylation sites is 1. The predicted octanol–water partition coefficient (Wildman–Crippen LogP) is 2.33. The van der Waals surface area contributed by atoms with Crippen molar-refractivity contribution < 1.29 is 14.6 Å². The molecule has 0 saturated carbocycles. The molecule has 2 aromatic rings. The van der Waals surface area contributed by atoms with Crippen molar-refractivity contribution in [2.45, 2.75) is 19.4 Å². The number of aromatic hydroxyl groups is 1. The Balaban J connectivity index is 0.00000300. The number of hydrogen-bond donors (Lipinski definition) is 2. The minimum absolute atomic E-state index is 0. The SMILES string of the molecule is CCNC(=NCCc1cccc(OC)c1O)N1CCOC(c2cnn(C)c2)C1.I. The lowest BCUT2D eigenvalue weighted by atomic mass is 10.1. The quantitative estimate of drug-likeness (QED) is 0.349. The number of phenolic OH excluding ortho intramolecular Hbond substituents is 1. The van der Waals surface area contributed by atoms with Crippen LogP contribution in [0.15, 0.2) is 35.6 Å². The fourth-order valence-corrected chi connectivity index (χ4v) is 3.29. The van der Waals surface area contributed by atoms with Crippen LogP contribution in [0.1, 0.15) is 24.2 Å². The Labute approximate surface area is 188 Å². The van der Waals surface area contributed by atoms with E-state index in [1.807, 2.05) is 31.6 Å². The maximum Gasteiger partial charge on any atom is 0.194 e. The van der Waals surface area contributed by atoms with Crippen molar-refractivity contribution in [3.8, 4) is 11.5 Å². The van der Waals surface area contributed by atoms with Gasteiger partial charge in [-0.25, -0.2) is 0 Å². The summed E-state index contributed by atoms with van der Waals surface area (Å²) >= 11 is 0. The Kier molecular flexibility index (Phi) is 9.02. The van der Waals surface area contributed by atoms with Crippen LogP contribution in [0.5, 0.6) is 11.5 Å². The van der Waals surface area contributed by atoms with Crippen molar-refractivity contribution >= 4 is 29.9 Å². The molecule has 1 fully saturated rings. The molecule has 1 aromatic heterocycles. The molecule has 1 aromatic carbocycles. The molecule has 29 heavy (non-hydrogen) atoms. The van der Waals surface area contributed by atoms with Gasteiger partial charge < -0.3 is 24.8 Å². The molecule has 3 rings (SSSR count). The van der Waals surface area contributed by atoms with Gasteiger partial charge in [0.15, 0.2) is 17.5 Å². The molecule has 0 spiro atoms. The van der Waals surface area contributed by atoms with Gasteiger partial charge in [-0.05, 0) is 25.0 Å². The van der Waals surface area contributed by atoms with Gasteiger partial charge in [-0.3, -0.25) is 9.67 Å². The number of hydrogen-bond acceptors (Lipinski definition) is 5. The Hall–Kier alpha value is -2.01. The normalized spacial score (nSPS) is 17.0. The monoisotopic (exact) mass is 515 g/mol. The van der Waals surface area contributed by atoms with Crippen LogP contribution in [0.4, 0.5) is 0 Å². The molecular weight excluding hydrogens is 485 g/mol. The third-order valence-electron chi connectivity index (χ3n) is 4.74. The van der Waals surface area contributed by atoms with Crippen LogP contribution >= 0.6 is 24.0 Å². The lowest BCUT2D eigenvalue weighted by Gasteiger charge is -2.34. The number of nitrogens with zero attached hydrogens (tertiary/aromatic N) is 4. The number of aromatic nitrogens is 2. The number of guanidine groups is 1. The van der Waals surface area contributed by atoms with E-state index in [1.54, 1.807) is 17.9 Å². The molecule has 0 aliphatic carbocycles. The zero-order valence-corrected chi connectivity index (χ0v) is 19.5. The standard InChI is InChI=1S/C20H29N5O3.HI/c1-4-21-20(22-9-8-15-6-5-7-17(27-3)19(15)26)25-10-11-28-18(14-25)16-12-23-24(2)13-16;/h5-7,12-13,18,26H,4,8-11,14H2,1-3H3,(H,21,22);1H. The van der Waals surface area contributed by atoms with E-state index in [9.17, 15) is 5.11 Å². The lowest BCUT2D eigenvalue weighted by Crippen LogP contribution is -2.48. The number of ether oxygens (including phenoxy) is 2. The summed E-state index contributed by atoms with van der Waals surface area (Å²) in [6.07, 6.45) is 4.45. The maximum absolute atomic E-state index is 10.2. The van der Waals surface area contributed by atoms with Gasteiger partial charge in [0.25, 0.3) is 0 Å². The second-order valence-corrected chi connectivity index (χ2v) is 6.71. The van der Waals surface area contributed by atoms with Gasteiger partial charge in [0.05, 0.1) is 26.5 Å². The smallest absolute Gasteiger partial charge is 0.194 e. The largest absolute Gasteiger partial charge is 0.504 e. The second-order valence-electron chi connectivity index (χ2n) is 6.71. The molecule has 0 bridgehead atoms. The van der Waals surface area contributed by atoms with E-state index in [0.717, 1.165) is 36.7 Å². The fraction of sp³-hybridized carbons (Fsp3) is 0.500. The Morgan fingerprint density at radius 2 is 2.28 bits per heavy atom. The van der Waals surface area contributed by atoms with Crippen LogP contribution in [-0.2, 0) is 18.2 Å². The number of methoxy groups -OCH3 is 1. The van der Waals surface area contributed by atoms with Crippen LogP contribution in [0, 0.1) is 0 Å². The summed E-state index contributed by atoms with van der Waals surface area (Å²) in [5, 5.41) is 17.9. The molecule has 1 aliphatic heterocycles. The van der Waals surface area contributed by atoms with E-state index < -0.39 is 0 Å². The number of halogens is 1. The number of rotatable bonds is 6. The molecule has 160 valence electrons. The molecule has 2 N–H and O–H groups in total. The number of phenols is 1. The highest BCUT2D eigenvalue weighted by Gasteiger charge is 2.25. The van der Waals surface area contributed by atoms with Crippen molar-refractivity contribution in [1.29, 1.82) is 0 Å². The van der Waals surface area contributed by atoms with E-state index in [-0.39, 0.29) is 35.8 Å². The van der Waals surface area contributed by atoms with Crippen LogP contribution in [-0.4, -0.2) is 65.6 Å². The van der Waals surface area contributed by atoms with E-state index in [4.69, 9.17) is 14.5 Å². The molecule has 9 heteroatoms. The van der Waals surface area contributed by atoms with Crippen molar-refractivity contribution in [3.05, 3.63) is 41.7 Å². The van der Waals surface area contributed by atoms with Gasteiger partial charge in [-0.2, -0.15) is 5.10 Å². The molecule has 0 amide bonds. The molecule has 8 nitrogen and oxygen atoms in total. The summed E-state index contributed by atoms with van der Waals surface area (Å²) in [6.45, 7) is 5.56. The van der Waals surface area contributed by atoms with E-state index in [1.165, 1.54) is 0 Å². The van der Waals surface area contributed by atoms with Crippen molar-refractivity contribution in [3.63, 3.8) is 0 Å². The van der Waals surface area contributed by atoms with E-state index >= 15 is 0 Å². The van der Waals surface area contributed by atoms with Gasteiger partial charge in [0.1, 0.15) is 6.10 Å². The first-order valence-corrected chi connectivity index (χ1v) is 9.60. The Morgan fingerprint density at radius 3 is 2.97 bits per heavy atom. The van der Waals surface area contributed by atoms with Gasteiger partial charge in [-0.15, -0.1) is 24.0 Å². The number of aryl methyl sites for hydroxylation is 1. The molecule has 0 radical (unpaired) electrons. The predicted molar refractivity (Wildman–Crippen MR) is 123 cm³/mol. The summed E-state index contributed by atoms with van der Waals surface area (Å²) in [4.78, 5) is 6.98. The number of nitrogens with one attached hydrogen (secondary N) is 1. The summed E-state index contributed by atoms with van der Waals surface area (Å²) < 4.78 is 12.9. The third kappa shape index (κ3) is 5.99. The summed E-state index contributed by atoms with van der Waals surface area (Å²) in [5.41, 5.74) is 1.90. The second kappa shape index (κ2) is 11.2. The zero-order chi connectivity index (χ0) is 19.9. The van der Waals surface area contributed by atoms with Crippen LogP contribution in [0.3, 0.4) is 0 Å². The third-order valence-corrected chi connectivity index (χ3v) is 4.74. The maximum atomic E-state index is 10.2. The first-order chi connectivity index (χ1) is 13.6. The number of benzene rings is 1. The van der Waals surface area contributed by atoms with Crippen molar-refractivity contribution in [1.82, 2.24) is 20.0 Å². The highest BCUT2D eigenvalue weighted by atomic mass is 127. The summed E-state index contributed by atoms with van der Waals surface area (Å²) in [7, 11) is 3.46. The van der Waals surface area contributed by atoms with E-state index in [0.29, 0.717) is 25.3 Å². The van der Waals surface area contributed by atoms with Crippen LogP contribution in [0.2, 0.25) is 0 Å². The average molecular weight is 515 g/mol. The molecular formula is C20H30IN5O3. The minimum Gasteiger partial charge on any atom is -0.504 e. The molecule has 2 heterocycles.